The summed E-state index contributed by atoms with van der Waals surface area (Å²) in [6, 6.07) is 0. The number of carbonyl (C=O) groups excluding carboxylic acids is 1. The number of amides is 1. The second-order valence-corrected chi connectivity index (χ2v) is 7.60. The number of ether oxygens (including phenoxy) is 1. The Morgan fingerprint density at radius 2 is 2.00 bits per heavy atom. The van der Waals surface area contributed by atoms with Gasteiger partial charge in [-0.15, -0.1) is 6.58 Å². The molecule has 1 amide bonds. The molecule has 0 aromatic carbocycles. The van der Waals surface area contributed by atoms with Gasteiger partial charge < -0.3 is 15.4 Å². The summed E-state index contributed by atoms with van der Waals surface area (Å²) in [5.74, 6) is 2.99. The lowest BCUT2D eigenvalue weighted by Gasteiger charge is -2.24. The highest BCUT2D eigenvalue weighted by molar-refractivity contribution is 7.99. The number of carbonyl (C=O) groups is 1. The lowest BCUT2D eigenvalue weighted by atomic mass is 9.96. The van der Waals surface area contributed by atoms with Gasteiger partial charge in [-0.05, 0) is 39.2 Å². The van der Waals surface area contributed by atoms with E-state index >= 15 is 0 Å². The number of hydrogen-bond donors (Lipinski definition) is 2. The SMILES string of the molecule is C=CCSCCNCC(CNC(=O)OC(C)(C)C)C(C)C. The van der Waals surface area contributed by atoms with Crippen molar-refractivity contribution in [3.05, 3.63) is 12.7 Å². The Bertz CT molecular complexity index is 301. The molecular formula is C16H32N2O2S. The molecule has 2 N–H and O–H groups in total. The summed E-state index contributed by atoms with van der Waals surface area (Å²) in [7, 11) is 0. The van der Waals surface area contributed by atoms with Gasteiger partial charge >= 0.3 is 6.09 Å². The van der Waals surface area contributed by atoms with Crippen molar-refractivity contribution in [2.45, 2.75) is 40.2 Å². The van der Waals surface area contributed by atoms with Crippen LogP contribution in [0.5, 0.6) is 0 Å². The maximum atomic E-state index is 11.7. The van der Waals surface area contributed by atoms with Crippen molar-refractivity contribution in [3.8, 4) is 0 Å². The van der Waals surface area contributed by atoms with E-state index in [1.807, 2.05) is 38.6 Å². The molecule has 0 aromatic rings. The van der Waals surface area contributed by atoms with Gasteiger partial charge in [0.2, 0.25) is 0 Å². The first-order valence-electron chi connectivity index (χ1n) is 7.62. The second kappa shape index (κ2) is 11.0. The monoisotopic (exact) mass is 316 g/mol. The van der Waals surface area contributed by atoms with Crippen molar-refractivity contribution >= 4 is 17.9 Å². The van der Waals surface area contributed by atoms with Gasteiger partial charge in [0.25, 0.3) is 0 Å². The van der Waals surface area contributed by atoms with Crippen LogP contribution in [0.15, 0.2) is 12.7 Å². The van der Waals surface area contributed by atoms with Gasteiger partial charge in [-0.2, -0.15) is 11.8 Å². The van der Waals surface area contributed by atoms with Crippen LogP contribution in [0.4, 0.5) is 4.79 Å². The molecule has 0 saturated carbocycles. The molecule has 0 aliphatic rings. The molecule has 124 valence electrons. The van der Waals surface area contributed by atoms with Crippen LogP contribution in [0.1, 0.15) is 34.6 Å². The molecule has 0 aliphatic carbocycles. The number of nitrogens with one attached hydrogen (secondary N) is 2. The lowest BCUT2D eigenvalue weighted by Crippen LogP contribution is -2.40. The highest BCUT2D eigenvalue weighted by atomic mass is 32.2. The standard InChI is InChI=1S/C16H32N2O2S/c1-7-9-21-10-8-17-11-14(13(2)3)12-18-15(19)20-16(4,5)6/h7,13-14,17H,1,8-12H2,2-6H3,(H,18,19). The zero-order valence-corrected chi connectivity index (χ0v) is 15.0. The Morgan fingerprint density at radius 3 is 2.52 bits per heavy atom. The predicted molar refractivity (Wildman–Crippen MR) is 93.0 cm³/mol. The zero-order chi connectivity index (χ0) is 16.3. The van der Waals surface area contributed by atoms with E-state index in [1.54, 1.807) is 0 Å². The molecule has 0 spiro atoms. The van der Waals surface area contributed by atoms with Gasteiger partial charge in [0.05, 0.1) is 0 Å². The average molecular weight is 317 g/mol. The van der Waals surface area contributed by atoms with E-state index in [1.165, 1.54) is 0 Å². The van der Waals surface area contributed by atoms with Crippen molar-refractivity contribution < 1.29 is 9.53 Å². The molecule has 5 heteroatoms. The third-order valence-electron chi connectivity index (χ3n) is 2.92. The van der Waals surface area contributed by atoms with Crippen molar-refractivity contribution in [2.24, 2.45) is 11.8 Å². The van der Waals surface area contributed by atoms with Crippen LogP contribution in [0.25, 0.3) is 0 Å². The molecular weight excluding hydrogens is 284 g/mol. The van der Waals surface area contributed by atoms with Crippen LogP contribution in [-0.2, 0) is 4.74 Å². The highest BCUT2D eigenvalue weighted by Gasteiger charge is 2.18. The largest absolute Gasteiger partial charge is 0.444 e. The van der Waals surface area contributed by atoms with E-state index in [4.69, 9.17) is 4.74 Å². The molecule has 0 heterocycles. The highest BCUT2D eigenvalue weighted by Crippen LogP contribution is 2.10. The fourth-order valence-corrected chi connectivity index (χ4v) is 2.29. The van der Waals surface area contributed by atoms with Crippen molar-refractivity contribution in [3.63, 3.8) is 0 Å². The molecule has 4 nitrogen and oxygen atoms in total. The molecule has 1 unspecified atom stereocenters. The zero-order valence-electron chi connectivity index (χ0n) is 14.2. The first kappa shape index (κ1) is 20.3. The van der Waals surface area contributed by atoms with Crippen molar-refractivity contribution in [2.75, 3.05) is 31.1 Å². The Morgan fingerprint density at radius 1 is 1.33 bits per heavy atom. The van der Waals surface area contributed by atoms with Crippen molar-refractivity contribution in [1.82, 2.24) is 10.6 Å². The molecule has 0 radical (unpaired) electrons. The molecule has 0 bridgehead atoms. The van der Waals surface area contributed by atoms with Gasteiger partial charge in [-0.25, -0.2) is 4.79 Å². The van der Waals surface area contributed by atoms with Crippen LogP contribution in [-0.4, -0.2) is 42.8 Å². The summed E-state index contributed by atoms with van der Waals surface area (Å²) >= 11 is 1.87. The fraction of sp³-hybridized carbons (Fsp3) is 0.812. The van der Waals surface area contributed by atoms with Crippen molar-refractivity contribution in [1.29, 1.82) is 0 Å². The van der Waals surface area contributed by atoms with E-state index in [9.17, 15) is 4.79 Å². The van der Waals surface area contributed by atoms with Crippen LogP contribution in [0.3, 0.4) is 0 Å². The van der Waals surface area contributed by atoms with E-state index in [0.29, 0.717) is 18.4 Å². The molecule has 21 heavy (non-hydrogen) atoms. The van der Waals surface area contributed by atoms with E-state index < -0.39 is 5.60 Å². The Kier molecular flexibility index (Phi) is 10.6. The second-order valence-electron chi connectivity index (χ2n) is 6.45. The molecule has 0 rings (SSSR count). The van der Waals surface area contributed by atoms with Gasteiger partial charge in [-0.3, -0.25) is 0 Å². The minimum Gasteiger partial charge on any atom is -0.444 e. The summed E-state index contributed by atoms with van der Waals surface area (Å²) in [4.78, 5) is 11.7. The summed E-state index contributed by atoms with van der Waals surface area (Å²) in [5.41, 5.74) is -0.446. The Hall–Kier alpha value is -0.680. The minimum atomic E-state index is -0.446. The summed E-state index contributed by atoms with van der Waals surface area (Å²) in [6.45, 7) is 16.2. The minimum absolute atomic E-state index is 0.338. The van der Waals surface area contributed by atoms with E-state index in [0.717, 1.165) is 24.6 Å². The molecule has 0 fully saturated rings. The van der Waals surface area contributed by atoms with Crippen LogP contribution in [0.2, 0.25) is 0 Å². The summed E-state index contributed by atoms with van der Waals surface area (Å²) in [5, 5.41) is 6.31. The van der Waals surface area contributed by atoms with Crippen LogP contribution < -0.4 is 10.6 Å². The molecule has 0 aromatic heterocycles. The topological polar surface area (TPSA) is 50.4 Å². The van der Waals surface area contributed by atoms with E-state index in [-0.39, 0.29) is 6.09 Å². The molecule has 0 aliphatic heterocycles. The fourth-order valence-electron chi connectivity index (χ4n) is 1.67. The maximum absolute atomic E-state index is 11.7. The first-order chi connectivity index (χ1) is 9.76. The predicted octanol–water partition coefficient (Wildman–Crippen LogP) is 3.29. The third kappa shape index (κ3) is 12.8. The number of hydrogen-bond acceptors (Lipinski definition) is 4. The van der Waals surface area contributed by atoms with Crippen LogP contribution >= 0.6 is 11.8 Å². The summed E-state index contributed by atoms with van der Waals surface area (Å²) < 4.78 is 5.25. The number of alkyl carbamates (subject to hydrolysis) is 1. The number of thioether (sulfide) groups is 1. The summed E-state index contributed by atoms with van der Waals surface area (Å²) in [6.07, 6.45) is 1.58. The first-order valence-corrected chi connectivity index (χ1v) is 8.78. The molecule has 0 saturated heterocycles. The van der Waals surface area contributed by atoms with Gasteiger partial charge in [0.1, 0.15) is 5.60 Å². The lowest BCUT2D eigenvalue weighted by molar-refractivity contribution is 0.0515. The number of rotatable bonds is 10. The third-order valence-corrected chi connectivity index (χ3v) is 3.88. The van der Waals surface area contributed by atoms with Gasteiger partial charge in [0.15, 0.2) is 0 Å². The van der Waals surface area contributed by atoms with Gasteiger partial charge in [0, 0.05) is 24.6 Å². The Labute approximate surface area is 134 Å². The normalized spacial score (nSPS) is 13.0. The average Bonchev–Trinajstić information content (AvgIpc) is 2.34. The van der Waals surface area contributed by atoms with Gasteiger partial charge in [-0.1, -0.05) is 19.9 Å². The maximum Gasteiger partial charge on any atom is 0.407 e. The Balaban J connectivity index is 3.92. The quantitative estimate of drug-likeness (QED) is 0.480. The molecule has 1 atom stereocenters. The van der Waals surface area contributed by atoms with Crippen LogP contribution in [0, 0.1) is 11.8 Å². The smallest absolute Gasteiger partial charge is 0.407 e. The van der Waals surface area contributed by atoms with E-state index in [2.05, 4.69) is 31.1 Å².